The fourth-order valence-electron chi connectivity index (χ4n) is 1.66. The van der Waals surface area contributed by atoms with E-state index in [0.717, 1.165) is 31.2 Å². The highest BCUT2D eigenvalue weighted by molar-refractivity contribution is 5.20. The van der Waals surface area contributed by atoms with Crippen molar-refractivity contribution in [2.45, 2.75) is 40.0 Å². The summed E-state index contributed by atoms with van der Waals surface area (Å²) in [7, 11) is 2.08. The van der Waals surface area contributed by atoms with E-state index in [1.165, 1.54) is 5.56 Å². The van der Waals surface area contributed by atoms with Crippen molar-refractivity contribution in [2.75, 3.05) is 20.2 Å². The first-order chi connectivity index (χ1) is 8.02. The Kier molecular flexibility index (Phi) is 5.68. The van der Waals surface area contributed by atoms with Gasteiger partial charge >= 0.3 is 0 Å². The average molecular weight is 240 g/mol. The Morgan fingerprint density at radius 3 is 2.71 bits per heavy atom. The topological polar surface area (TPSA) is 51.6 Å². The second kappa shape index (κ2) is 6.79. The normalized spacial score (nSPS) is 11.7. The minimum absolute atomic E-state index is 0.294. The largest absolute Gasteiger partial charge is 0.465 e. The van der Waals surface area contributed by atoms with Crippen LogP contribution in [0, 0.1) is 6.92 Å². The molecule has 0 amide bonds. The zero-order valence-electron chi connectivity index (χ0n) is 11.3. The summed E-state index contributed by atoms with van der Waals surface area (Å²) in [5.41, 5.74) is 6.76. The minimum atomic E-state index is 0.294. The summed E-state index contributed by atoms with van der Waals surface area (Å²) < 4.78 is 11.0. The second-order valence-corrected chi connectivity index (χ2v) is 4.66. The van der Waals surface area contributed by atoms with E-state index < -0.39 is 0 Å². The molecule has 4 heteroatoms. The van der Waals surface area contributed by atoms with Gasteiger partial charge in [-0.15, -0.1) is 0 Å². The molecule has 1 aromatic rings. The van der Waals surface area contributed by atoms with Crippen LogP contribution in [0.25, 0.3) is 0 Å². The first-order valence-corrected chi connectivity index (χ1v) is 6.11. The van der Waals surface area contributed by atoms with Crippen LogP contribution in [0.2, 0.25) is 0 Å². The number of hydrogen-bond acceptors (Lipinski definition) is 4. The van der Waals surface area contributed by atoms with Gasteiger partial charge in [-0.1, -0.05) is 0 Å². The van der Waals surface area contributed by atoms with Crippen molar-refractivity contribution in [3.05, 3.63) is 23.2 Å². The molecule has 4 nitrogen and oxygen atoms in total. The third-order valence-electron chi connectivity index (χ3n) is 2.64. The van der Waals surface area contributed by atoms with Gasteiger partial charge in [0, 0.05) is 18.7 Å². The van der Waals surface area contributed by atoms with Crippen molar-refractivity contribution >= 4 is 0 Å². The fourth-order valence-corrected chi connectivity index (χ4v) is 1.66. The molecule has 1 rings (SSSR count). The Balaban J connectivity index is 2.39. The molecule has 0 aliphatic heterocycles. The van der Waals surface area contributed by atoms with E-state index in [-0.39, 0.29) is 0 Å². The van der Waals surface area contributed by atoms with Crippen molar-refractivity contribution in [2.24, 2.45) is 5.73 Å². The van der Waals surface area contributed by atoms with Crippen LogP contribution in [-0.4, -0.2) is 31.2 Å². The second-order valence-electron chi connectivity index (χ2n) is 4.66. The molecule has 0 radical (unpaired) electrons. The molecule has 0 saturated carbocycles. The Hall–Kier alpha value is -0.840. The van der Waals surface area contributed by atoms with Gasteiger partial charge < -0.3 is 14.9 Å². The van der Waals surface area contributed by atoms with Crippen LogP contribution in [0.3, 0.4) is 0 Å². The number of furan rings is 1. The molecule has 0 fully saturated rings. The summed E-state index contributed by atoms with van der Waals surface area (Å²) >= 11 is 0. The molecule has 17 heavy (non-hydrogen) atoms. The van der Waals surface area contributed by atoms with Crippen LogP contribution in [0.5, 0.6) is 0 Å². The number of nitrogens with zero attached hydrogens (tertiary/aromatic N) is 1. The van der Waals surface area contributed by atoms with Gasteiger partial charge in [-0.05, 0) is 33.9 Å². The summed E-state index contributed by atoms with van der Waals surface area (Å²) in [6.45, 7) is 9.09. The number of aryl methyl sites for hydroxylation is 1. The summed E-state index contributed by atoms with van der Waals surface area (Å²) in [5, 5.41) is 0. The maximum Gasteiger partial charge on any atom is 0.118 e. The lowest BCUT2D eigenvalue weighted by atomic mass is 10.2. The van der Waals surface area contributed by atoms with Gasteiger partial charge in [-0.2, -0.15) is 0 Å². The quantitative estimate of drug-likeness (QED) is 0.791. The van der Waals surface area contributed by atoms with E-state index in [0.29, 0.717) is 12.6 Å². The van der Waals surface area contributed by atoms with Crippen LogP contribution in [0.15, 0.2) is 10.5 Å². The molecule has 0 aromatic carbocycles. The van der Waals surface area contributed by atoms with Crippen molar-refractivity contribution in [3.8, 4) is 0 Å². The first kappa shape index (κ1) is 14.2. The van der Waals surface area contributed by atoms with Crippen molar-refractivity contribution in [3.63, 3.8) is 0 Å². The fraction of sp³-hybridized carbons (Fsp3) is 0.692. The first-order valence-electron chi connectivity index (χ1n) is 6.11. The summed E-state index contributed by atoms with van der Waals surface area (Å²) in [4.78, 5) is 2.22. The third-order valence-corrected chi connectivity index (χ3v) is 2.64. The molecule has 0 atom stereocenters. The highest BCUT2D eigenvalue weighted by Gasteiger charge is 2.09. The molecular weight excluding hydrogens is 216 g/mol. The Bertz CT molecular complexity index is 334. The van der Waals surface area contributed by atoms with E-state index in [9.17, 15) is 0 Å². The highest BCUT2D eigenvalue weighted by atomic mass is 16.5. The van der Waals surface area contributed by atoms with E-state index in [1.807, 2.05) is 26.8 Å². The van der Waals surface area contributed by atoms with Gasteiger partial charge in [-0.25, -0.2) is 0 Å². The van der Waals surface area contributed by atoms with Crippen molar-refractivity contribution in [1.29, 1.82) is 0 Å². The molecule has 0 aliphatic carbocycles. The van der Waals surface area contributed by atoms with E-state index in [2.05, 4.69) is 11.9 Å². The lowest BCUT2D eigenvalue weighted by Gasteiger charge is -2.17. The van der Waals surface area contributed by atoms with Gasteiger partial charge in [0.05, 0.1) is 19.3 Å². The Labute approximate surface area is 104 Å². The molecule has 0 aliphatic rings. The molecule has 1 heterocycles. The van der Waals surface area contributed by atoms with Crippen LogP contribution in [0.4, 0.5) is 0 Å². The molecule has 0 saturated heterocycles. The maximum absolute atomic E-state index is 5.55. The highest BCUT2D eigenvalue weighted by Crippen LogP contribution is 2.15. The van der Waals surface area contributed by atoms with E-state index >= 15 is 0 Å². The number of ether oxygens (including phenoxy) is 1. The van der Waals surface area contributed by atoms with Crippen LogP contribution >= 0.6 is 0 Å². The Morgan fingerprint density at radius 2 is 2.18 bits per heavy atom. The lowest BCUT2D eigenvalue weighted by molar-refractivity contribution is 0.0626. The minimum Gasteiger partial charge on any atom is -0.465 e. The summed E-state index contributed by atoms with van der Waals surface area (Å²) in [5.74, 6) is 1.81. The number of nitrogens with two attached hydrogens (primary N) is 1. The molecule has 0 bridgehead atoms. The smallest absolute Gasteiger partial charge is 0.118 e. The molecule has 0 unspecified atom stereocenters. The van der Waals surface area contributed by atoms with Crippen LogP contribution in [0.1, 0.15) is 30.9 Å². The van der Waals surface area contributed by atoms with Gasteiger partial charge in [0.15, 0.2) is 0 Å². The van der Waals surface area contributed by atoms with Gasteiger partial charge in [0.25, 0.3) is 0 Å². The lowest BCUT2D eigenvalue weighted by Crippen LogP contribution is -2.24. The molecule has 1 aromatic heterocycles. The number of hydrogen-bond donors (Lipinski definition) is 1. The predicted octanol–water partition coefficient (Wildman–Crippen LogP) is 1.90. The molecule has 98 valence electrons. The van der Waals surface area contributed by atoms with Crippen molar-refractivity contribution < 1.29 is 9.15 Å². The van der Waals surface area contributed by atoms with E-state index in [4.69, 9.17) is 14.9 Å². The average Bonchev–Trinajstić information content (AvgIpc) is 2.59. The van der Waals surface area contributed by atoms with Crippen LogP contribution in [-0.2, 0) is 17.8 Å². The van der Waals surface area contributed by atoms with Crippen molar-refractivity contribution in [1.82, 2.24) is 4.90 Å². The number of rotatable bonds is 7. The summed E-state index contributed by atoms with van der Waals surface area (Å²) in [6, 6.07) is 2.04. The molecular formula is C13H24N2O2. The third kappa shape index (κ3) is 4.89. The van der Waals surface area contributed by atoms with Gasteiger partial charge in [0.1, 0.15) is 11.5 Å². The zero-order chi connectivity index (χ0) is 12.8. The zero-order valence-corrected chi connectivity index (χ0v) is 11.3. The van der Waals surface area contributed by atoms with E-state index in [1.54, 1.807) is 0 Å². The predicted molar refractivity (Wildman–Crippen MR) is 68.8 cm³/mol. The Morgan fingerprint density at radius 1 is 1.47 bits per heavy atom. The van der Waals surface area contributed by atoms with Gasteiger partial charge in [0.2, 0.25) is 0 Å². The maximum atomic E-state index is 5.55. The molecule has 0 spiro atoms. The molecule has 2 N–H and O–H groups in total. The number of likely N-dealkylation sites (N-methyl/N-ethyl adjacent to an activating group) is 1. The van der Waals surface area contributed by atoms with Gasteiger partial charge in [-0.3, -0.25) is 4.90 Å². The summed E-state index contributed by atoms with van der Waals surface area (Å²) in [6.07, 6.45) is 0.294. The monoisotopic (exact) mass is 240 g/mol. The SMILES string of the molecule is Cc1oc(CN)cc1CN(C)CCOC(C)C. The van der Waals surface area contributed by atoms with Crippen LogP contribution < -0.4 is 5.73 Å². The standard InChI is InChI=1S/C13H24N2O2/c1-10(2)16-6-5-15(4)9-12-7-13(8-14)17-11(12)3/h7,10H,5-6,8-9,14H2,1-4H3.